The van der Waals surface area contributed by atoms with E-state index in [0.29, 0.717) is 17.5 Å². The van der Waals surface area contributed by atoms with Gasteiger partial charge in [0.1, 0.15) is 11.2 Å². The van der Waals surface area contributed by atoms with Gasteiger partial charge in [-0.05, 0) is 24.1 Å². The quantitative estimate of drug-likeness (QED) is 0.741. The molecule has 2 aliphatic carbocycles. The standard InChI is InChI=1S/C17H11FO2/c18-11-7-5-10(6-8-11)14-9-17(14)15(19)12-3-1-2-4-13(12)16(17)20/h1-8,14H,9H2. The lowest BCUT2D eigenvalue weighted by Gasteiger charge is -2.06. The number of rotatable bonds is 1. The summed E-state index contributed by atoms with van der Waals surface area (Å²) in [7, 11) is 0. The largest absolute Gasteiger partial charge is 0.293 e. The molecule has 1 saturated carbocycles. The topological polar surface area (TPSA) is 34.1 Å². The third-order valence-electron chi connectivity index (χ3n) is 4.46. The van der Waals surface area contributed by atoms with E-state index < -0.39 is 5.41 Å². The molecule has 0 N–H and O–H groups in total. The molecule has 3 heteroatoms. The smallest absolute Gasteiger partial charge is 0.178 e. The van der Waals surface area contributed by atoms with Crippen LogP contribution in [0, 0.1) is 11.2 Å². The van der Waals surface area contributed by atoms with E-state index in [4.69, 9.17) is 0 Å². The predicted octanol–water partition coefficient (Wildman–Crippen LogP) is 3.38. The molecule has 2 aliphatic rings. The van der Waals surface area contributed by atoms with Crippen LogP contribution < -0.4 is 0 Å². The lowest BCUT2D eigenvalue weighted by Crippen LogP contribution is -2.18. The molecular weight excluding hydrogens is 255 g/mol. The molecule has 4 rings (SSSR count). The molecule has 1 fully saturated rings. The van der Waals surface area contributed by atoms with Crippen LogP contribution in [0.1, 0.15) is 38.6 Å². The van der Waals surface area contributed by atoms with Gasteiger partial charge in [0, 0.05) is 17.0 Å². The van der Waals surface area contributed by atoms with Gasteiger partial charge in [0.05, 0.1) is 0 Å². The Kier molecular flexibility index (Phi) is 2.09. The number of carbonyl (C=O) groups is 2. The Morgan fingerprint density at radius 3 is 2.00 bits per heavy atom. The molecule has 0 aromatic heterocycles. The highest BCUT2D eigenvalue weighted by atomic mass is 19.1. The molecule has 1 unspecified atom stereocenters. The number of halogens is 1. The summed E-state index contributed by atoms with van der Waals surface area (Å²) in [5.74, 6) is -0.578. The summed E-state index contributed by atoms with van der Waals surface area (Å²) in [5, 5.41) is 0. The van der Waals surface area contributed by atoms with Gasteiger partial charge in [-0.25, -0.2) is 4.39 Å². The lowest BCUT2D eigenvalue weighted by molar-refractivity contribution is 0.0809. The van der Waals surface area contributed by atoms with Gasteiger partial charge in [0.25, 0.3) is 0 Å². The van der Waals surface area contributed by atoms with Crippen LogP contribution in [0.25, 0.3) is 0 Å². The SMILES string of the molecule is O=C1c2ccccc2C(=O)C12CC2c1ccc(F)cc1. The van der Waals surface area contributed by atoms with Gasteiger partial charge in [0.2, 0.25) is 0 Å². The van der Waals surface area contributed by atoms with Crippen LogP contribution in [0.5, 0.6) is 0 Å². The highest BCUT2D eigenvalue weighted by Gasteiger charge is 2.68. The van der Waals surface area contributed by atoms with E-state index in [2.05, 4.69) is 0 Å². The molecule has 0 radical (unpaired) electrons. The second kappa shape index (κ2) is 3.63. The van der Waals surface area contributed by atoms with Crippen molar-refractivity contribution in [2.24, 2.45) is 5.41 Å². The van der Waals surface area contributed by atoms with E-state index >= 15 is 0 Å². The summed E-state index contributed by atoms with van der Waals surface area (Å²) >= 11 is 0. The Balaban J connectivity index is 1.77. The Bertz CT molecular complexity index is 711. The summed E-state index contributed by atoms with van der Waals surface area (Å²) in [6, 6.07) is 13.1. The summed E-state index contributed by atoms with van der Waals surface area (Å²) < 4.78 is 13.0. The van der Waals surface area contributed by atoms with E-state index in [1.54, 1.807) is 36.4 Å². The average molecular weight is 266 g/mol. The first-order chi connectivity index (χ1) is 9.64. The van der Waals surface area contributed by atoms with Crippen molar-refractivity contribution in [2.45, 2.75) is 12.3 Å². The van der Waals surface area contributed by atoms with E-state index in [1.165, 1.54) is 12.1 Å². The number of carbonyl (C=O) groups excluding carboxylic acids is 2. The fraction of sp³-hybridized carbons (Fsp3) is 0.176. The van der Waals surface area contributed by atoms with Crippen LogP contribution in [0.3, 0.4) is 0 Å². The second-order valence-corrected chi connectivity index (χ2v) is 5.48. The summed E-state index contributed by atoms with van der Waals surface area (Å²) in [4.78, 5) is 25.1. The van der Waals surface area contributed by atoms with Crippen LogP contribution in [0.2, 0.25) is 0 Å². The first-order valence-corrected chi connectivity index (χ1v) is 6.59. The van der Waals surface area contributed by atoms with Gasteiger partial charge in [-0.15, -0.1) is 0 Å². The molecule has 98 valence electrons. The van der Waals surface area contributed by atoms with Crippen LogP contribution in [0.4, 0.5) is 4.39 Å². The Hall–Kier alpha value is -2.29. The normalized spacial score (nSPS) is 22.1. The molecule has 0 saturated heterocycles. The van der Waals surface area contributed by atoms with Crippen molar-refractivity contribution < 1.29 is 14.0 Å². The molecule has 2 nitrogen and oxygen atoms in total. The summed E-state index contributed by atoms with van der Waals surface area (Å²) in [6.07, 6.45) is 0.533. The van der Waals surface area contributed by atoms with E-state index in [-0.39, 0.29) is 23.3 Å². The highest BCUT2D eigenvalue weighted by Crippen LogP contribution is 2.65. The third kappa shape index (κ3) is 1.27. The zero-order valence-electron chi connectivity index (χ0n) is 10.6. The van der Waals surface area contributed by atoms with E-state index in [9.17, 15) is 14.0 Å². The number of hydrogen-bond donors (Lipinski definition) is 0. The summed E-state index contributed by atoms with van der Waals surface area (Å²) in [5.41, 5.74) is 1.01. The molecular formula is C17H11FO2. The molecule has 0 aliphatic heterocycles. The predicted molar refractivity (Wildman–Crippen MR) is 71.3 cm³/mol. The maximum atomic E-state index is 13.0. The van der Waals surface area contributed by atoms with Crippen molar-refractivity contribution in [1.29, 1.82) is 0 Å². The number of benzene rings is 2. The average Bonchev–Trinajstić information content (AvgIpc) is 3.19. The molecule has 2 aromatic rings. The molecule has 0 amide bonds. The van der Waals surface area contributed by atoms with Crippen LogP contribution >= 0.6 is 0 Å². The van der Waals surface area contributed by atoms with Gasteiger partial charge in [-0.1, -0.05) is 36.4 Å². The van der Waals surface area contributed by atoms with Crippen LogP contribution in [0.15, 0.2) is 48.5 Å². The molecule has 2 aromatic carbocycles. The second-order valence-electron chi connectivity index (χ2n) is 5.48. The van der Waals surface area contributed by atoms with E-state index in [0.717, 1.165) is 5.56 Å². The van der Waals surface area contributed by atoms with Crippen LogP contribution in [-0.4, -0.2) is 11.6 Å². The first-order valence-electron chi connectivity index (χ1n) is 6.59. The Morgan fingerprint density at radius 1 is 0.900 bits per heavy atom. The van der Waals surface area contributed by atoms with Crippen molar-refractivity contribution in [3.8, 4) is 0 Å². The van der Waals surface area contributed by atoms with Crippen molar-refractivity contribution in [3.63, 3.8) is 0 Å². The lowest BCUT2D eigenvalue weighted by atomic mass is 9.94. The minimum atomic E-state index is -0.915. The zero-order valence-corrected chi connectivity index (χ0v) is 10.6. The first kappa shape index (κ1) is 11.5. The van der Waals surface area contributed by atoms with E-state index in [1.807, 2.05) is 0 Å². The zero-order chi connectivity index (χ0) is 13.9. The minimum absolute atomic E-state index is 0.0765. The van der Waals surface area contributed by atoms with Crippen LogP contribution in [-0.2, 0) is 0 Å². The maximum absolute atomic E-state index is 13.0. The van der Waals surface area contributed by atoms with Gasteiger partial charge in [-0.3, -0.25) is 9.59 Å². The third-order valence-corrected chi connectivity index (χ3v) is 4.46. The monoisotopic (exact) mass is 266 g/mol. The van der Waals surface area contributed by atoms with Gasteiger partial charge in [0.15, 0.2) is 11.6 Å². The van der Waals surface area contributed by atoms with Crippen molar-refractivity contribution in [1.82, 2.24) is 0 Å². The molecule has 0 heterocycles. The Morgan fingerprint density at radius 2 is 1.45 bits per heavy atom. The molecule has 0 bridgehead atoms. The maximum Gasteiger partial charge on any atom is 0.178 e. The Labute approximate surface area is 115 Å². The molecule has 1 atom stereocenters. The highest BCUT2D eigenvalue weighted by molar-refractivity contribution is 6.32. The number of hydrogen-bond acceptors (Lipinski definition) is 2. The fourth-order valence-electron chi connectivity index (χ4n) is 3.33. The van der Waals surface area contributed by atoms with Crippen molar-refractivity contribution in [2.75, 3.05) is 0 Å². The molecule has 20 heavy (non-hydrogen) atoms. The number of Topliss-reactive ketones (excluding diaryl/α,β-unsaturated/α-hetero) is 2. The van der Waals surface area contributed by atoms with Gasteiger partial charge >= 0.3 is 0 Å². The fourth-order valence-corrected chi connectivity index (χ4v) is 3.33. The van der Waals surface area contributed by atoms with Crippen molar-refractivity contribution in [3.05, 3.63) is 71.0 Å². The minimum Gasteiger partial charge on any atom is -0.293 e. The van der Waals surface area contributed by atoms with Gasteiger partial charge < -0.3 is 0 Å². The number of ketones is 2. The van der Waals surface area contributed by atoms with Crippen molar-refractivity contribution >= 4 is 11.6 Å². The summed E-state index contributed by atoms with van der Waals surface area (Å²) in [6.45, 7) is 0. The van der Waals surface area contributed by atoms with Gasteiger partial charge in [-0.2, -0.15) is 0 Å². The number of fused-ring (bicyclic) bond motifs is 1. The molecule has 1 spiro atoms.